The van der Waals surface area contributed by atoms with E-state index in [0.717, 1.165) is 53.8 Å². The number of nitrogens with zero attached hydrogens (tertiary/aromatic N) is 4. The van der Waals surface area contributed by atoms with Crippen molar-refractivity contribution in [1.29, 1.82) is 0 Å². The summed E-state index contributed by atoms with van der Waals surface area (Å²) in [6, 6.07) is 23.5. The van der Waals surface area contributed by atoms with Crippen molar-refractivity contribution in [2.24, 2.45) is 5.41 Å². The fourth-order valence-electron chi connectivity index (χ4n) is 9.41. The minimum Gasteiger partial charge on any atom is -0.465 e. The third-order valence-corrected chi connectivity index (χ3v) is 12.3. The molecule has 11 heteroatoms. The van der Waals surface area contributed by atoms with Crippen LogP contribution < -0.4 is 10.2 Å². The van der Waals surface area contributed by atoms with Crippen molar-refractivity contribution < 1.29 is 24.2 Å². The Morgan fingerprint density at radius 3 is 2.07 bits per heavy atom. The molecule has 3 aliphatic rings. The molecule has 3 aliphatic heterocycles. The largest absolute Gasteiger partial charge is 0.465 e. The molecule has 4 heterocycles. The van der Waals surface area contributed by atoms with E-state index >= 15 is 0 Å². The summed E-state index contributed by atoms with van der Waals surface area (Å²) in [5.41, 5.74) is 4.89. The van der Waals surface area contributed by atoms with Gasteiger partial charge in [-0.25, -0.2) is 14.6 Å². The second-order valence-corrected chi connectivity index (χ2v) is 19.3. The lowest BCUT2D eigenvalue weighted by molar-refractivity contribution is -0.131. The van der Waals surface area contributed by atoms with Crippen LogP contribution in [0.4, 0.5) is 21.0 Å². The maximum Gasteiger partial charge on any atom is 0.410 e. The molecule has 3 unspecified atom stereocenters. The molecule has 3 aromatic carbocycles. The highest BCUT2D eigenvalue weighted by Gasteiger charge is 2.57. The van der Waals surface area contributed by atoms with Crippen molar-refractivity contribution in [3.8, 4) is 0 Å². The average Bonchev–Trinajstić information content (AvgIpc) is 3.95. The molecule has 57 heavy (non-hydrogen) atoms. The third kappa shape index (κ3) is 7.69. The topological polar surface area (TPSA) is 131 Å². The number of hydrogen-bond donors (Lipinski definition) is 3. The second kappa shape index (κ2) is 14.7. The quantitative estimate of drug-likeness (QED) is 0.178. The van der Waals surface area contributed by atoms with Gasteiger partial charge in [0.05, 0.1) is 29.2 Å². The van der Waals surface area contributed by atoms with Crippen LogP contribution in [0.5, 0.6) is 0 Å². The molecule has 0 aliphatic carbocycles. The molecule has 4 aromatic rings. The Morgan fingerprint density at radius 1 is 0.807 bits per heavy atom. The first-order chi connectivity index (χ1) is 26.8. The van der Waals surface area contributed by atoms with Crippen LogP contribution in [0, 0.1) is 5.41 Å². The van der Waals surface area contributed by atoms with Crippen LogP contribution in [-0.2, 0) is 14.9 Å². The SMILES string of the molecule is CC(C)(C)OC(=O)N1CCCC1c1nc2cc(C3CCC(c4ccc(NC(=O)[C@@]5(C(C)(C)C)CCCN5C(=O)O)cc4)N3c3ccc(C(C)(C)C)cc3)ccc2[nH]1. The van der Waals surface area contributed by atoms with Crippen molar-refractivity contribution in [2.45, 2.75) is 136 Å². The summed E-state index contributed by atoms with van der Waals surface area (Å²) >= 11 is 0. The zero-order valence-electron chi connectivity index (χ0n) is 35.1. The van der Waals surface area contributed by atoms with Gasteiger partial charge in [0.2, 0.25) is 0 Å². The van der Waals surface area contributed by atoms with Crippen LogP contribution in [0.1, 0.15) is 141 Å². The standard InChI is InChI=1S/C46H60N6O5/c1-43(2,3)31-16-20-33(21-17-31)52-36(29-13-18-32(19-14-29)47-40(53)46(44(4,5)6)25-11-27-51(46)41(54)55)23-24-37(52)30-15-22-34-35(28-30)49-39(48-34)38-12-10-26-50(38)42(56)57-45(7,8)9/h13-22,28,36-38H,10-12,23-27H2,1-9H3,(H,47,53)(H,48,49)(H,54,55)/t36?,37?,38?,46-/m1/s1. The highest BCUT2D eigenvalue weighted by molar-refractivity contribution is 6.01. The van der Waals surface area contributed by atoms with E-state index in [1.165, 1.54) is 16.0 Å². The molecule has 3 fully saturated rings. The Kier molecular flexibility index (Phi) is 10.4. The molecular formula is C46H60N6O5. The first-order valence-corrected chi connectivity index (χ1v) is 20.6. The summed E-state index contributed by atoms with van der Waals surface area (Å²) in [7, 11) is 0. The number of imidazole rings is 1. The maximum atomic E-state index is 14.0. The number of ether oxygens (including phenoxy) is 1. The van der Waals surface area contributed by atoms with Crippen molar-refractivity contribution in [3.05, 3.63) is 89.2 Å². The molecule has 0 saturated carbocycles. The summed E-state index contributed by atoms with van der Waals surface area (Å²) in [4.78, 5) is 53.6. The fraction of sp³-hybridized carbons (Fsp3) is 0.522. The normalized spacial score (nSPS) is 23.0. The number of H-pyrrole nitrogens is 1. The molecule has 3 amide bonds. The van der Waals surface area contributed by atoms with Gasteiger partial charge in [0, 0.05) is 24.5 Å². The molecule has 0 radical (unpaired) electrons. The summed E-state index contributed by atoms with van der Waals surface area (Å²) in [5.74, 6) is 0.500. The number of likely N-dealkylation sites (tertiary alicyclic amines) is 2. The summed E-state index contributed by atoms with van der Waals surface area (Å²) in [6.07, 6.45) is 3.34. The van der Waals surface area contributed by atoms with Crippen LogP contribution in [0.25, 0.3) is 11.0 Å². The van der Waals surface area contributed by atoms with Gasteiger partial charge in [-0.15, -0.1) is 0 Å². The average molecular weight is 777 g/mol. The van der Waals surface area contributed by atoms with Gasteiger partial charge in [0.1, 0.15) is 17.0 Å². The van der Waals surface area contributed by atoms with Crippen LogP contribution >= 0.6 is 0 Å². The van der Waals surface area contributed by atoms with Gasteiger partial charge in [0.15, 0.2) is 0 Å². The van der Waals surface area contributed by atoms with E-state index in [-0.39, 0.29) is 35.5 Å². The van der Waals surface area contributed by atoms with Gasteiger partial charge in [-0.1, -0.05) is 71.9 Å². The molecule has 1 aromatic heterocycles. The van der Waals surface area contributed by atoms with Crippen molar-refractivity contribution >= 4 is 40.5 Å². The second-order valence-electron chi connectivity index (χ2n) is 19.3. The minimum absolute atomic E-state index is 0.0231. The number of fused-ring (bicyclic) bond motifs is 1. The summed E-state index contributed by atoms with van der Waals surface area (Å²) in [5, 5.41) is 13.1. The highest BCUT2D eigenvalue weighted by Crippen LogP contribution is 2.48. The molecule has 3 saturated heterocycles. The number of benzene rings is 3. The number of aromatic nitrogens is 2. The smallest absolute Gasteiger partial charge is 0.410 e. The molecule has 304 valence electrons. The molecule has 11 nitrogen and oxygen atoms in total. The molecule has 7 rings (SSSR count). The van der Waals surface area contributed by atoms with Gasteiger partial charge in [-0.3, -0.25) is 14.6 Å². The lowest BCUT2D eigenvalue weighted by Crippen LogP contribution is -2.62. The number of carboxylic acid groups (broad SMARTS) is 1. The molecule has 0 spiro atoms. The number of nitrogens with one attached hydrogen (secondary N) is 2. The number of aromatic amines is 1. The van der Waals surface area contributed by atoms with Crippen LogP contribution in [0.3, 0.4) is 0 Å². The number of anilines is 2. The predicted octanol–water partition coefficient (Wildman–Crippen LogP) is 10.5. The first kappa shape index (κ1) is 40.1. The Labute approximate surface area is 337 Å². The number of carbonyl (C=O) groups is 3. The number of rotatable bonds is 6. The molecule has 4 atom stereocenters. The minimum atomic E-state index is -1.16. The van der Waals surface area contributed by atoms with Crippen LogP contribution in [0.15, 0.2) is 66.7 Å². The molecule has 3 N–H and O–H groups in total. The summed E-state index contributed by atoms with van der Waals surface area (Å²) in [6.45, 7) is 19.2. The number of hydrogen-bond acceptors (Lipinski definition) is 6. The van der Waals surface area contributed by atoms with E-state index in [1.54, 1.807) is 4.90 Å². The van der Waals surface area contributed by atoms with E-state index in [9.17, 15) is 19.5 Å². The van der Waals surface area contributed by atoms with Crippen molar-refractivity contribution in [2.75, 3.05) is 23.3 Å². The number of amides is 3. The predicted molar refractivity (Wildman–Crippen MR) is 225 cm³/mol. The van der Waals surface area contributed by atoms with Crippen LogP contribution in [0.2, 0.25) is 0 Å². The van der Waals surface area contributed by atoms with E-state index in [4.69, 9.17) is 9.72 Å². The Balaban J connectivity index is 1.17. The summed E-state index contributed by atoms with van der Waals surface area (Å²) < 4.78 is 5.73. The van der Waals surface area contributed by atoms with Crippen molar-refractivity contribution in [3.63, 3.8) is 0 Å². The lowest BCUT2D eigenvalue weighted by Gasteiger charge is -2.45. The monoisotopic (exact) mass is 776 g/mol. The van der Waals surface area contributed by atoms with Gasteiger partial charge in [-0.05, 0) is 123 Å². The van der Waals surface area contributed by atoms with E-state index in [1.807, 2.05) is 53.7 Å². The van der Waals surface area contributed by atoms with Crippen LogP contribution in [-0.4, -0.2) is 67.2 Å². The van der Waals surface area contributed by atoms with E-state index < -0.39 is 22.6 Å². The highest BCUT2D eigenvalue weighted by atomic mass is 16.6. The van der Waals surface area contributed by atoms with Crippen molar-refractivity contribution in [1.82, 2.24) is 19.8 Å². The Morgan fingerprint density at radius 2 is 1.46 bits per heavy atom. The van der Waals surface area contributed by atoms with E-state index in [2.05, 4.69) is 90.6 Å². The van der Waals surface area contributed by atoms with E-state index in [0.29, 0.717) is 31.6 Å². The molecular weight excluding hydrogens is 717 g/mol. The maximum absolute atomic E-state index is 14.0. The number of carbonyl (C=O) groups excluding carboxylic acids is 2. The van der Waals surface area contributed by atoms with Gasteiger partial charge >= 0.3 is 12.2 Å². The Hall–Kier alpha value is -5.06. The van der Waals surface area contributed by atoms with Gasteiger partial charge < -0.3 is 25.0 Å². The zero-order chi connectivity index (χ0) is 41.1. The van der Waals surface area contributed by atoms with Gasteiger partial charge in [0.25, 0.3) is 5.91 Å². The molecule has 0 bridgehead atoms. The van der Waals surface area contributed by atoms with Gasteiger partial charge in [-0.2, -0.15) is 0 Å². The Bertz CT molecular complexity index is 2120. The zero-order valence-corrected chi connectivity index (χ0v) is 35.1. The third-order valence-electron chi connectivity index (χ3n) is 12.3. The fourth-order valence-corrected chi connectivity index (χ4v) is 9.41. The lowest BCUT2D eigenvalue weighted by atomic mass is 9.71. The first-order valence-electron chi connectivity index (χ1n) is 20.6.